The zero-order chi connectivity index (χ0) is 13.3. The lowest BCUT2D eigenvalue weighted by Crippen LogP contribution is -2.30. The molecule has 0 aliphatic rings. The molecule has 17 heavy (non-hydrogen) atoms. The van der Waals surface area contributed by atoms with Gasteiger partial charge in [0.25, 0.3) is 5.91 Å². The van der Waals surface area contributed by atoms with E-state index >= 15 is 0 Å². The summed E-state index contributed by atoms with van der Waals surface area (Å²) < 4.78 is 5.09. The molecule has 0 atom stereocenters. The van der Waals surface area contributed by atoms with Crippen LogP contribution in [0.15, 0.2) is 24.3 Å². The average Bonchev–Trinajstić information content (AvgIpc) is 2.29. The molecule has 0 heterocycles. The number of hydrogen-bond acceptors (Lipinski definition) is 3. The van der Waals surface area contributed by atoms with Crippen molar-refractivity contribution < 1.29 is 14.6 Å². The number of rotatable bonds is 3. The quantitative estimate of drug-likeness (QED) is 0.846. The van der Waals surface area contributed by atoms with Gasteiger partial charge in [0.2, 0.25) is 0 Å². The summed E-state index contributed by atoms with van der Waals surface area (Å²) in [5.41, 5.74) is 0.573. The number of methoxy groups -OCH3 is 1. The Morgan fingerprint density at radius 2 is 1.94 bits per heavy atom. The number of aliphatic hydroxyl groups excluding tert-OH is 1. The van der Waals surface area contributed by atoms with Crippen LogP contribution in [0.5, 0.6) is 5.75 Å². The number of hydrogen-bond donors (Lipinski definition) is 2. The van der Waals surface area contributed by atoms with Gasteiger partial charge in [-0.1, -0.05) is 12.1 Å². The largest absolute Gasteiger partial charge is 0.496 e. The van der Waals surface area contributed by atoms with Crippen LogP contribution >= 0.6 is 0 Å². The van der Waals surface area contributed by atoms with Gasteiger partial charge in [0.15, 0.2) is 0 Å². The number of carbonyl (C=O) groups excluding carboxylic acids is 1. The van der Waals surface area contributed by atoms with Crippen molar-refractivity contribution >= 4 is 5.91 Å². The number of ether oxygens (including phenoxy) is 1. The first-order chi connectivity index (χ1) is 8.06. The van der Waals surface area contributed by atoms with Gasteiger partial charge in [0.05, 0.1) is 12.7 Å². The van der Waals surface area contributed by atoms with Crippen molar-refractivity contribution in [1.82, 2.24) is 5.32 Å². The number of nitrogens with one attached hydrogen (secondary N) is 1. The molecule has 1 aromatic carbocycles. The summed E-state index contributed by atoms with van der Waals surface area (Å²) in [5, 5.41) is 10.4. The van der Waals surface area contributed by atoms with Crippen molar-refractivity contribution in [2.24, 2.45) is 0 Å². The molecule has 0 saturated carbocycles. The second kappa shape index (κ2) is 8.58. The van der Waals surface area contributed by atoms with E-state index in [0.717, 1.165) is 0 Å². The maximum atomic E-state index is 11.6. The van der Waals surface area contributed by atoms with Gasteiger partial charge in [-0.2, -0.15) is 0 Å². The molecule has 4 heteroatoms. The lowest BCUT2D eigenvalue weighted by molar-refractivity contribution is 0.0940. The lowest BCUT2D eigenvalue weighted by Gasteiger charge is -2.10. The molecule has 0 aliphatic carbocycles. The van der Waals surface area contributed by atoms with Gasteiger partial charge in [-0.15, -0.1) is 0 Å². The highest BCUT2D eigenvalue weighted by molar-refractivity contribution is 5.97. The molecule has 1 rings (SSSR count). The lowest BCUT2D eigenvalue weighted by atomic mass is 10.2. The third-order valence-corrected chi connectivity index (χ3v) is 1.77. The topological polar surface area (TPSA) is 58.6 Å². The van der Waals surface area contributed by atoms with Gasteiger partial charge in [0, 0.05) is 12.6 Å². The molecule has 0 fully saturated rings. The van der Waals surface area contributed by atoms with Crippen molar-refractivity contribution in [3.8, 4) is 5.75 Å². The molecule has 0 radical (unpaired) electrons. The Kier molecular flexibility index (Phi) is 7.80. The van der Waals surface area contributed by atoms with Crippen LogP contribution in [-0.4, -0.2) is 30.8 Å². The van der Waals surface area contributed by atoms with Crippen LogP contribution in [0, 0.1) is 0 Å². The van der Waals surface area contributed by atoms with Crippen molar-refractivity contribution in [3.05, 3.63) is 29.8 Å². The van der Waals surface area contributed by atoms with Gasteiger partial charge in [-0.3, -0.25) is 4.79 Å². The number of aliphatic hydroxyl groups is 1. The minimum Gasteiger partial charge on any atom is -0.496 e. The fourth-order valence-corrected chi connectivity index (χ4v) is 1.17. The van der Waals surface area contributed by atoms with E-state index in [1.165, 1.54) is 0 Å². The van der Waals surface area contributed by atoms with Crippen molar-refractivity contribution in [1.29, 1.82) is 0 Å². The molecule has 0 bridgehead atoms. The van der Waals surface area contributed by atoms with Crippen molar-refractivity contribution in [3.63, 3.8) is 0 Å². The first-order valence-corrected chi connectivity index (χ1v) is 5.61. The molecule has 0 spiro atoms. The van der Waals surface area contributed by atoms with Gasteiger partial charge < -0.3 is 15.2 Å². The average molecular weight is 239 g/mol. The van der Waals surface area contributed by atoms with Gasteiger partial charge in [-0.05, 0) is 32.9 Å². The molecule has 2 N–H and O–H groups in total. The minimum absolute atomic E-state index is 0.0996. The molecule has 0 aromatic heterocycles. The SMILES string of the molecule is CCO.COc1ccccc1C(=O)NC(C)C. The predicted octanol–water partition coefficient (Wildman–Crippen LogP) is 1.83. The monoisotopic (exact) mass is 239 g/mol. The number of benzene rings is 1. The van der Waals surface area contributed by atoms with Crippen LogP contribution in [0.25, 0.3) is 0 Å². The van der Waals surface area contributed by atoms with Gasteiger partial charge in [-0.25, -0.2) is 0 Å². The highest BCUT2D eigenvalue weighted by atomic mass is 16.5. The maximum Gasteiger partial charge on any atom is 0.255 e. The summed E-state index contributed by atoms with van der Waals surface area (Å²) in [6.45, 7) is 5.78. The third-order valence-electron chi connectivity index (χ3n) is 1.77. The van der Waals surface area contributed by atoms with E-state index in [2.05, 4.69) is 5.32 Å². The molecule has 0 saturated heterocycles. The third kappa shape index (κ3) is 5.92. The van der Waals surface area contributed by atoms with E-state index in [1.54, 1.807) is 26.2 Å². The summed E-state index contributed by atoms with van der Waals surface area (Å²) in [4.78, 5) is 11.6. The molecule has 0 aliphatic heterocycles. The molecule has 1 aromatic rings. The highest BCUT2D eigenvalue weighted by Crippen LogP contribution is 2.16. The van der Waals surface area contributed by atoms with Gasteiger partial charge in [0.1, 0.15) is 5.75 Å². The summed E-state index contributed by atoms with van der Waals surface area (Å²) in [6.07, 6.45) is 0. The fraction of sp³-hybridized carbons (Fsp3) is 0.462. The molecule has 0 unspecified atom stereocenters. The first-order valence-electron chi connectivity index (χ1n) is 5.61. The van der Waals surface area contributed by atoms with Crippen LogP contribution in [0.3, 0.4) is 0 Å². The smallest absolute Gasteiger partial charge is 0.255 e. The minimum atomic E-state index is -0.0996. The van der Waals surface area contributed by atoms with Crippen LogP contribution in [-0.2, 0) is 0 Å². The Morgan fingerprint density at radius 1 is 1.41 bits per heavy atom. The Labute approximate surface area is 103 Å². The Hall–Kier alpha value is -1.55. The van der Waals surface area contributed by atoms with E-state index < -0.39 is 0 Å². The standard InChI is InChI=1S/C11H15NO2.C2H6O/c1-8(2)12-11(13)9-6-4-5-7-10(9)14-3;1-2-3/h4-8H,1-3H3,(H,12,13);3H,2H2,1H3. The second-order valence-corrected chi connectivity index (χ2v) is 3.64. The normalized spacial score (nSPS) is 9.29. The van der Waals surface area contributed by atoms with E-state index in [0.29, 0.717) is 11.3 Å². The summed E-state index contributed by atoms with van der Waals surface area (Å²) in [6, 6.07) is 7.31. The molecular weight excluding hydrogens is 218 g/mol. The Balaban J connectivity index is 0.000000770. The molecule has 96 valence electrons. The number of para-hydroxylation sites is 1. The zero-order valence-electron chi connectivity index (χ0n) is 10.9. The van der Waals surface area contributed by atoms with Crippen LogP contribution in [0.2, 0.25) is 0 Å². The highest BCUT2D eigenvalue weighted by Gasteiger charge is 2.11. The molecule has 1 amide bonds. The van der Waals surface area contributed by atoms with Gasteiger partial charge >= 0.3 is 0 Å². The maximum absolute atomic E-state index is 11.6. The van der Waals surface area contributed by atoms with Crippen LogP contribution < -0.4 is 10.1 Å². The number of carbonyl (C=O) groups is 1. The van der Waals surface area contributed by atoms with E-state index in [9.17, 15) is 4.79 Å². The Bertz CT molecular complexity index is 337. The summed E-state index contributed by atoms with van der Waals surface area (Å²) in [7, 11) is 1.56. The second-order valence-electron chi connectivity index (χ2n) is 3.64. The fourth-order valence-electron chi connectivity index (χ4n) is 1.17. The van der Waals surface area contributed by atoms with Crippen molar-refractivity contribution in [2.45, 2.75) is 26.8 Å². The molecule has 4 nitrogen and oxygen atoms in total. The van der Waals surface area contributed by atoms with Crippen LogP contribution in [0.4, 0.5) is 0 Å². The first kappa shape index (κ1) is 15.4. The zero-order valence-corrected chi connectivity index (χ0v) is 10.9. The summed E-state index contributed by atoms with van der Waals surface area (Å²) in [5.74, 6) is 0.503. The summed E-state index contributed by atoms with van der Waals surface area (Å²) >= 11 is 0. The number of amides is 1. The Morgan fingerprint density at radius 3 is 2.41 bits per heavy atom. The van der Waals surface area contributed by atoms with E-state index in [4.69, 9.17) is 9.84 Å². The molecular formula is C13H21NO3. The predicted molar refractivity (Wildman–Crippen MR) is 68.4 cm³/mol. The van der Waals surface area contributed by atoms with Crippen LogP contribution in [0.1, 0.15) is 31.1 Å². The van der Waals surface area contributed by atoms with E-state index in [1.807, 2.05) is 26.0 Å². The van der Waals surface area contributed by atoms with Crippen molar-refractivity contribution in [2.75, 3.05) is 13.7 Å². The van der Waals surface area contributed by atoms with E-state index in [-0.39, 0.29) is 18.6 Å².